The molecule has 0 spiro atoms. The van der Waals surface area contributed by atoms with Crippen LogP contribution in [0.25, 0.3) is 6.08 Å². The fourth-order valence-corrected chi connectivity index (χ4v) is 3.23. The van der Waals surface area contributed by atoms with Crippen LogP contribution in [0.2, 0.25) is 0 Å². The lowest BCUT2D eigenvalue weighted by Crippen LogP contribution is -2.06. The highest BCUT2D eigenvalue weighted by Gasteiger charge is 2.26. The van der Waals surface area contributed by atoms with Crippen molar-refractivity contribution < 1.29 is 23.7 Å². The molecule has 1 aliphatic heterocycles. The summed E-state index contributed by atoms with van der Waals surface area (Å²) in [6, 6.07) is 13.3. The molecule has 1 aliphatic rings. The summed E-state index contributed by atoms with van der Waals surface area (Å²) in [7, 11) is 4.53. The summed E-state index contributed by atoms with van der Waals surface area (Å²) in [4.78, 5) is 16.6. The molecule has 0 bridgehead atoms. The molecule has 0 unspecified atom stereocenters. The van der Waals surface area contributed by atoms with Gasteiger partial charge in [0.25, 0.3) is 0 Å². The van der Waals surface area contributed by atoms with Crippen LogP contribution < -0.4 is 14.2 Å². The molecule has 2 aromatic carbocycles. The van der Waals surface area contributed by atoms with Gasteiger partial charge in [0.2, 0.25) is 11.6 Å². The van der Waals surface area contributed by atoms with Gasteiger partial charge in [0.15, 0.2) is 17.2 Å². The predicted octanol–water partition coefficient (Wildman–Crippen LogP) is 3.25. The van der Waals surface area contributed by atoms with Gasteiger partial charge in [0.05, 0.1) is 34.1 Å². The quantitative estimate of drug-likeness (QED) is 0.387. The lowest BCUT2D eigenvalue weighted by Gasteiger charge is -2.13. The summed E-state index contributed by atoms with van der Waals surface area (Å²) in [5, 5.41) is 8.23. The van der Waals surface area contributed by atoms with Crippen molar-refractivity contribution in [1.29, 1.82) is 0 Å². The van der Waals surface area contributed by atoms with Gasteiger partial charge in [-0.15, -0.1) is 5.10 Å². The van der Waals surface area contributed by atoms with Gasteiger partial charge in [-0.3, -0.25) is 0 Å². The van der Waals surface area contributed by atoms with Crippen LogP contribution in [0.15, 0.2) is 71.5 Å². The monoisotopic (exact) mass is 446 g/mol. The van der Waals surface area contributed by atoms with Crippen molar-refractivity contribution in [2.75, 3.05) is 21.3 Å². The molecule has 9 heteroatoms. The predicted molar refractivity (Wildman–Crippen MR) is 121 cm³/mol. The molecular weight excluding hydrogens is 424 g/mol. The van der Waals surface area contributed by atoms with Crippen molar-refractivity contribution in [3.8, 4) is 17.2 Å². The second-order valence-corrected chi connectivity index (χ2v) is 6.96. The third-order valence-corrected chi connectivity index (χ3v) is 4.80. The molecule has 33 heavy (non-hydrogen) atoms. The van der Waals surface area contributed by atoms with E-state index in [1.165, 1.54) is 21.3 Å². The molecule has 0 N–H and O–H groups in total. The largest absolute Gasteiger partial charge is 0.493 e. The van der Waals surface area contributed by atoms with E-state index in [0.717, 1.165) is 5.56 Å². The number of ether oxygens (including phenoxy) is 4. The Morgan fingerprint density at radius 2 is 1.76 bits per heavy atom. The molecule has 0 radical (unpaired) electrons. The average Bonchev–Trinajstić information content (AvgIpc) is 3.44. The molecule has 9 nitrogen and oxygen atoms in total. The van der Waals surface area contributed by atoms with Crippen LogP contribution in [-0.4, -0.2) is 48.2 Å². The molecule has 0 fully saturated rings. The van der Waals surface area contributed by atoms with E-state index in [9.17, 15) is 4.79 Å². The van der Waals surface area contributed by atoms with Crippen LogP contribution in [0, 0.1) is 0 Å². The van der Waals surface area contributed by atoms with Crippen LogP contribution in [0.5, 0.6) is 17.2 Å². The molecule has 2 heterocycles. The van der Waals surface area contributed by atoms with E-state index in [4.69, 9.17) is 18.9 Å². The number of cyclic esters (lactones) is 1. The number of nitrogens with zero attached hydrogens (tertiary/aromatic N) is 4. The van der Waals surface area contributed by atoms with E-state index in [2.05, 4.69) is 15.3 Å². The van der Waals surface area contributed by atoms with Crippen molar-refractivity contribution in [1.82, 2.24) is 15.0 Å². The number of aliphatic imine (C=N–C) groups is 1. The minimum atomic E-state index is -0.559. The van der Waals surface area contributed by atoms with Gasteiger partial charge in [-0.2, -0.15) is 0 Å². The SMILES string of the molecule is COc1cc(C2=NC(=CC=Cc3cn(Cc4ccccc4)nn3)C(=O)O2)cc(OC)c1OC. The maximum absolute atomic E-state index is 12.3. The maximum Gasteiger partial charge on any atom is 0.363 e. The average molecular weight is 446 g/mol. The van der Waals surface area contributed by atoms with E-state index >= 15 is 0 Å². The summed E-state index contributed by atoms with van der Waals surface area (Å²) in [6.07, 6.45) is 6.79. The van der Waals surface area contributed by atoms with E-state index in [1.807, 2.05) is 36.5 Å². The zero-order valence-electron chi connectivity index (χ0n) is 18.4. The Morgan fingerprint density at radius 1 is 1.03 bits per heavy atom. The van der Waals surface area contributed by atoms with Gasteiger partial charge >= 0.3 is 5.97 Å². The first kappa shape index (κ1) is 21.8. The normalized spacial score (nSPS) is 14.5. The first-order valence-corrected chi connectivity index (χ1v) is 10.0. The number of benzene rings is 2. The van der Waals surface area contributed by atoms with Crippen molar-refractivity contribution in [3.05, 3.63) is 83.3 Å². The highest BCUT2D eigenvalue weighted by molar-refractivity contribution is 6.11. The van der Waals surface area contributed by atoms with E-state index in [-0.39, 0.29) is 11.6 Å². The van der Waals surface area contributed by atoms with Crippen LogP contribution in [-0.2, 0) is 16.1 Å². The summed E-state index contributed by atoms with van der Waals surface area (Å²) < 4.78 is 23.1. The molecule has 4 rings (SSSR count). The summed E-state index contributed by atoms with van der Waals surface area (Å²) in [5.74, 6) is 0.888. The number of hydrogen-bond donors (Lipinski definition) is 0. The van der Waals surface area contributed by atoms with Crippen LogP contribution in [0.3, 0.4) is 0 Å². The third-order valence-electron chi connectivity index (χ3n) is 4.80. The zero-order valence-corrected chi connectivity index (χ0v) is 18.4. The Balaban J connectivity index is 1.50. The highest BCUT2D eigenvalue weighted by Crippen LogP contribution is 2.39. The number of rotatable bonds is 8. The second-order valence-electron chi connectivity index (χ2n) is 6.96. The molecule has 0 saturated carbocycles. The van der Waals surface area contributed by atoms with E-state index in [0.29, 0.717) is 35.1 Å². The third kappa shape index (κ3) is 4.93. The lowest BCUT2D eigenvalue weighted by atomic mass is 10.2. The second kappa shape index (κ2) is 9.82. The molecule has 0 atom stereocenters. The maximum atomic E-state index is 12.3. The Kier molecular flexibility index (Phi) is 6.49. The zero-order chi connectivity index (χ0) is 23.2. The molecule has 0 amide bonds. The Morgan fingerprint density at radius 3 is 2.42 bits per heavy atom. The summed E-state index contributed by atoms with van der Waals surface area (Å²) in [6.45, 7) is 0.623. The number of methoxy groups -OCH3 is 3. The van der Waals surface area contributed by atoms with Crippen molar-refractivity contribution in [3.63, 3.8) is 0 Å². The standard InChI is InChI=1S/C24H22N4O5/c1-30-20-12-17(13-21(31-2)22(20)32-3)23-25-19(24(29)33-23)11-7-10-18-15-28(27-26-18)14-16-8-5-4-6-9-16/h4-13,15H,14H2,1-3H3. The Labute approximate surface area is 190 Å². The van der Waals surface area contributed by atoms with Crippen LogP contribution in [0.1, 0.15) is 16.8 Å². The fraction of sp³-hybridized carbons (Fsp3) is 0.167. The van der Waals surface area contributed by atoms with Gasteiger partial charge in [-0.1, -0.05) is 41.6 Å². The molecule has 0 saturated heterocycles. The topological polar surface area (TPSA) is 97.1 Å². The highest BCUT2D eigenvalue weighted by atomic mass is 16.6. The van der Waals surface area contributed by atoms with Gasteiger partial charge in [0, 0.05) is 5.56 Å². The van der Waals surface area contributed by atoms with Gasteiger partial charge in [-0.25, -0.2) is 14.5 Å². The Bertz CT molecular complexity index is 1220. The Hall–Kier alpha value is -4.40. The lowest BCUT2D eigenvalue weighted by molar-refractivity contribution is -0.130. The molecule has 0 aliphatic carbocycles. The van der Waals surface area contributed by atoms with Crippen molar-refractivity contribution in [2.24, 2.45) is 4.99 Å². The summed E-state index contributed by atoms with van der Waals surface area (Å²) >= 11 is 0. The number of carbonyl (C=O) groups excluding carboxylic acids is 1. The van der Waals surface area contributed by atoms with Crippen molar-refractivity contribution in [2.45, 2.75) is 6.54 Å². The fourth-order valence-electron chi connectivity index (χ4n) is 3.23. The number of carbonyl (C=O) groups is 1. The number of hydrogen-bond acceptors (Lipinski definition) is 8. The van der Waals surface area contributed by atoms with Crippen LogP contribution >= 0.6 is 0 Å². The minimum Gasteiger partial charge on any atom is -0.493 e. The van der Waals surface area contributed by atoms with Gasteiger partial charge in [0.1, 0.15) is 5.69 Å². The smallest absolute Gasteiger partial charge is 0.363 e. The number of allylic oxidation sites excluding steroid dienone is 2. The minimum absolute atomic E-state index is 0.146. The van der Waals surface area contributed by atoms with Crippen LogP contribution in [0.4, 0.5) is 0 Å². The molecular formula is C24H22N4O5. The number of esters is 1. The molecule has 1 aromatic heterocycles. The van der Waals surface area contributed by atoms with Gasteiger partial charge < -0.3 is 18.9 Å². The first-order valence-electron chi connectivity index (χ1n) is 10.0. The van der Waals surface area contributed by atoms with E-state index in [1.54, 1.807) is 35.0 Å². The van der Waals surface area contributed by atoms with E-state index < -0.39 is 5.97 Å². The van der Waals surface area contributed by atoms with Crippen molar-refractivity contribution >= 4 is 17.9 Å². The van der Waals surface area contributed by atoms with Gasteiger partial charge in [-0.05, 0) is 29.8 Å². The molecule has 3 aromatic rings. The molecule has 168 valence electrons. The number of aromatic nitrogens is 3. The first-order chi connectivity index (χ1) is 16.1. The summed E-state index contributed by atoms with van der Waals surface area (Å²) in [5.41, 5.74) is 2.46.